The molecule has 0 aromatic heterocycles. The van der Waals surface area contributed by atoms with E-state index in [1.165, 1.54) is 0 Å². The van der Waals surface area contributed by atoms with E-state index in [1.54, 1.807) is 18.2 Å². The standard InChI is InChI=1S/C15H21ClO3/c1-3-5-9-18-14-8-7-12(11-13(14)16)15(17)19-10-6-4-2/h7-8,11H,3-6,9-10H2,1-2H3. The van der Waals surface area contributed by atoms with Crippen LogP contribution in [0.4, 0.5) is 0 Å². The third-order valence-electron chi connectivity index (χ3n) is 2.65. The number of benzene rings is 1. The Morgan fingerprint density at radius 1 is 1.16 bits per heavy atom. The van der Waals surface area contributed by atoms with E-state index in [2.05, 4.69) is 6.92 Å². The van der Waals surface area contributed by atoms with Crippen LogP contribution < -0.4 is 4.74 Å². The molecule has 0 aliphatic carbocycles. The van der Waals surface area contributed by atoms with Crippen LogP contribution in [0.3, 0.4) is 0 Å². The summed E-state index contributed by atoms with van der Waals surface area (Å²) in [4.78, 5) is 11.7. The summed E-state index contributed by atoms with van der Waals surface area (Å²) in [7, 11) is 0. The summed E-state index contributed by atoms with van der Waals surface area (Å²) in [5.41, 5.74) is 0.462. The number of rotatable bonds is 8. The van der Waals surface area contributed by atoms with E-state index in [-0.39, 0.29) is 5.97 Å². The monoisotopic (exact) mass is 284 g/mol. The van der Waals surface area contributed by atoms with Gasteiger partial charge < -0.3 is 9.47 Å². The van der Waals surface area contributed by atoms with Crippen LogP contribution in [0.15, 0.2) is 18.2 Å². The van der Waals surface area contributed by atoms with Gasteiger partial charge in [0.2, 0.25) is 0 Å². The summed E-state index contributed by atoms with van der Waals surface area (Å²) in [6, 6.07) is 4.99. The number of halogens is 1. The lowest BCUT2D eigenvalue weighted by Gasteiger charge is -2.09. The fourth-order valence-corrected chi connectivity index (χ4v) is 1.70. The van der Waals surface area contributed by atoms with Gasteiger partial charge in [-0.1, -0.05) is 38.3 Å². The normalized spacial score (nSPS) is 10.3. The molecule has 0 unspecified atom stereocenters. The molecule has 0 fully saturated rings. The van der Waals surface area contributed by atoms with Crippen molar-refractivity contribution in [2.75, 3.05) is 13.2 Å². The first-order chi connectivity index (χ1) is 9.19. The Balaban J connectivity index is 2.57. The van der Waals surface area contributed by atoms with Crippen molar-refractivity contribution >= 4 is 17.6 Å². The van der Waals surface area contributed by atoms with Gasteiger partial charge in [-0.2, -0.15) is 0 Å². The highest BCUT2D eigenvalue weighted by Gasteiger charge is 2.10. The van der Waals surface area contributed by atoms with Crippen molar-refractivity contribution in [1.82, 2.24) is 0 Å². The Labute approximate surface area is 119 Å². The van der Waals surface area contributed by atoms with Gasteiger partial charge in [0, 0.05) is 0 Å². The molecule has 0 radical (unpaired) electrons. The molecule has 0 saturated carbocycles. The van der Waals surface area contributed by atoms with E-state index in [0.717, 1.165) is 25.7 Å². The Morgan fingerprint density at radius 3 is 2.47 bits per heavy atom. The number of ether oxygens (including phenoxy) is 2. The lowest BCUT2D eigenvalue weighted by molar-refractivity contribution is 0.0499. The molecule has 0 amide bonds. The molecule has 0 aliphatic rings. The summed E-state index contributed by atoms with van der Waals surface area (Å²) in [5, 5.41) is 0.445. The Hall–Kier alpha value is -1.22. The number of hydrogen-bond acceptors (Lipinski definition) is 3. The number of esters is 1. The van der Waals surface area contributed by atoms with Gasteiger partial charge in [0.25, 0.3) is 0 Å². The lowest BCUT2D eigenvalue weighted by Crippen LogP contribution is -2.06. The molecule has 1 aromatic carbocycles. The second-order valence-electron chi connectivity index (χ2n) is 4.34. The third kappa shape index (κ3) is 5.52. The SMILES string of the molecule is CCCCOC(=O)c1ccc(OCCCC)c(Cl)c1. The van der Waals surface area contributed by atoms with Gasteiger partial charge in [-0.25, -0.2) is 4.79 Å². The van der Waals surface area contributed by atoms with Crippen LogP contribution in [-0.2, 0) is 4.74 Å². The van der Waals surface area contributed by atoms with Crippen LogP contribution in [0.25, 0.3) is 0 Å². The molecule has 0 heterocycles. The molecule has 0 N–H and O–H groups in total. The van der Waals surface area contributed by atoms with E-state index in [4.69, 9.17) is 21.1 Å². The number of unbranched alkanes of at least 4 members (excludes halogenated alkanes) is 2. The molecular weight excluding hydrogens is 264 g/mol. The van der Waals surface area contributed by atoms with Gasteiger partial charge in [-0.15, -0.1) is 0 Å². The highest BCUT2D eigenvalue weighted by atomic mass is 35.5. The highest BCUT2D eigenvalue weighted by molar-refractivity contribution is 6.32. The highest BCUT2D eigenvalue weighted by Crippen LogP contribution is 2.26. The molecule has 4 heteroatoms. The van der Waals surface area contributed by atoms with Crippen molar-refractivity contribution in [3.05, 3.63) is 28.8 Å². The molecule has 0 atom stereocenters. The average Bonchev–Trinajstić information content (AvgIpc) is 2.41. The largest absolute Gasteiger partial charge is 0.492 e. The molecule has 3 nitrogen and oxygen atoms in total. The molecule has 0 aliphatic heterocycles. The van der Waals surface area contributed by atoms with Crippen LogP contribution in [0.2, 0.25) is 5.02 Å². The fourth-order valence-electron chi connectivity index (χ4n) is 1.46. The Morgan fingerprint density at radius 2 is 1.84 bits per heavy atom. The lowest BCUT2D eigenvalue weighted by atomic mass is 10.2. The molecule has 19 heavy (non-hydrogen) atoms. The summed E-state index contributed by atoms with van der Waals surface area (Å²) in [6.07, 6.45) is 3.92. The fraction of sp³-hybridized carbons (Fsp3) is 0.533. The van der Waals surface area contributed by atoms with Crippen LogP contribution >= 0.6 is 11.6 Å². The summed E-state index contributed by atoms with van der Waals surface area (Å²) >= 11 is 6.08. The molecule has 106 valence electrons. The zero-order valence-electron chi connectivity index (χ0n) is 11.6. The van der Waals surface area contributed by atoms with Crippen molar-refractivity contribution in [2.24, 2.45) is 0 Å². The van der Waals surface area contributed by atoms with Gasteiger partial charge in [-0.3, -0.25) is 0 Å². The molecule has 1 aromatic rings. The number of carbonyl (C=O) groups excluding carboxylic acids is 1. The van der Waals surface area contributed by atoms with Crippen molar-refractivity contribution in [2.45, 2.75) is 39.5 Å². The number of carbonyl (C=O) groups is 1. The summed E-state index contributed by atoms with van der Waals surface area (Å²) in [6.45, 7) is 5.23. The van der Waals surface area contributed by atoms with Gasteiger partial charge >= 0.3 is 5.97 Å². The topological polar surface area (TPSA) is 35.5 Å². The van der Waals surface area contributed by atoms with Gasteiger partial charge in [0.1, 0.15) is 5.75 Å². The summed E-state index contributed by atoms with van der Waals surface area (Å²) in [5.74, 6) is 0.274. The first-order valence-corrected chi connectivity index (χ1v) is 7.16. The van der Waals surface area contributed by atoms with Crippen molar-refractivity contribution in [1.29, 1.82) is 0 Å². The maximum absolute atomic E-state index is 11.7. The van der Waals surface area contributed by atoms with Crippen LogP contribution in [0.5, 0.6) is 5.75 Å². The van der Waals surface area contributed by atoms with Crippen molar-refractivity contribution < 1.29 is 14.3 Å². The zero-order valence-corrected chi connectivity index (χ0v) is 12.3. The quantitative estimate of drug-likeness (QED) is 0.522. The second kappa shape index (κ2) is 8.81. The molecule has 0 saturated heterocycles. The van der Waals surface area contributed by atoms with E-state index in [9.17, 15) is 4.79 Å². The van der Waals surface area contributed by atoms with Crippen molar-refractivity contribution in [3.63, 3.8) is 0 Å². The van der Waals surface area contributed by atoms with E-state index < -0.39 is 0 Å². The van der Waals surface area contributed by atoms with Crippen molar-refractivity contribution in [3.8, 4) is 5.75 Å². The van der Waals surface area contributed by atoms with Gasteiger partial charge in [0.15, 0.2) is 0 Å². The molecule has 1 rings (SSSR count). The molecule has 0 spiro atoms. The van der Waals surface area contributed by atoms with Crippen LogP contribution in [0, 0.1) is 0 Å². The maximum Gasteiger partial charge on any atom is 0.338 e. The minimum Gasteiger partial charge on any atom is -0.492 e. The molecule has 0 bridgehead atoms. The summed E-state index contributed by atoms with van der Waals surface area (Å²) < 4.78 is 10.6. The first kappa shape index (κ1) is 15.8. The minimum absolute atomic E-state index is 0.338. The van der Waals surface area contributed by atoms with Crippen LogP contribution in [-0.4, -0.2) is 19.2 Å². The minimum atomic E-state index is -0.338. The Kier molecular flexibility index (Phi) is 7.34. The zero-order chi connectivity index (χ0) is 14.1. The van der Waals surface area contributed by atoms with E-state index in [0.29, 0.717) is 29.5 Å². The molecular formula is C15H21ClO3. The average molecular weight is 285 g/mol. The third-order valence-corrected chi connectivity index (χ3v) is 2.95. The Bertz CT molecular complexity index is 404. The van der Waals surface area contributed by atoms with Gasteiger partial charge in [0.05, 0.1) is 23.8 Å². The predicted octanol–water partition coefficient (Wildman–Crippen LogP) is 4.48. The smallest absolute Gasteiger partial charge is 0.338 e. The van der Waals surface area contributed by atoms with Gasteiger partial charge in [-0.05, 0) is 31.0 Å². The van der Waals surface area contributed by atoms with E-state index in [1.807, 2.05) is 6.92 Å². The van der Waals surface area contributed by atoms with Crippen LogP contribution in [0.1, 0.15) is 49.9 Å². The maximum atomic E-state index is 11.7. The van der Waals surface area contributed by atoms with E-state index >= 15 is 0 Å². The second-order valence-corrected chi connectivity index (χ2v) is 4.74. The predicted molar refractivity (Wildman–Crippen MR) is 77.0 cm³/mol. The number of hydrogen-bond donors (Lipinski definition) is 0. The first-order valence-electron chi connectivity index (χ1n) is 6.78.